The zero-order chi connectivity index (χ0) is 13.1. The molecule has 0 atom stereocenters. The Morgan fingerprint density at radius 1 is 1.61 bits per heavy atom. The van der Waals surface area contributed by atoms with Crippen LogP contribution in [0.5, 0.6) is 0 Å². The Hall–Kier alpha value is -1.82. The Morgan fingerprint density at radius 2 is 2.39 bits per heavy atom. The first kappa shape index (κ1) is 12.6. The number of nitrogen functional groups attached to an aromatic ring is 1. The maximum atomic E-state index is 11.7. The summed E-state index contributed by atoms with van der Waals surface area (Å²) in [6, 6.07) is 2.02. The molecule has 18 heavy (non-hydrogen) atoms. The molecule has 0 aliphatic rings. The van der Waals surface area contributed by atoms with E-state index in [0.717, 1.165) is 5.56 Å². The van der Waals surface area contributed by atoms with E-state index >= 15 is 0 Å². The van der Waals surface area contributed by atoms with Gasteiger partial charge in [0, 0.05) is 0 Å². The number of imidazole rings is 1. The number of rotatable bonds is 4. The van der Waals surface area contributed by atoms with Gasteiger partial charge in [-0.2, -0.15) is 11.3 Å². The van der Waals surface area contributed by atoms with Gasteiger partial charge >= 0.3 is 5.97 Å². The number of aryl methyl sites for hydroxylation is 1. The molecule has 0 aliphatic heterocycles. The summed E-state index contributed by atoms with van der Waals surface area (Å²) < 4.78 is 6.73. The lowest BCUT2D eigenvalue weighted by Crippen LogP contribution is -2.10. The first-order valence-corrected chi connectivity index (χ1v) is 6.58. The fourth-order valence-electron chi connectivity index (χ4n) is 1.70. The number of aromatic nitrogens is 2. The van der Waals surface area contributed by atoms with Crippen LogP contribution < -0.4 is 5.73 Å². The molecule has 0 radical (unpaired) electrons. The van der Waals surface area contributed by atoms with Crippen molar-refractivity contribution < 1.29 is 9.53 Å². The highest BCUT2D eigenvalue weighted by atomic mass is 32.1. The van der Waals surface area contributed by atoms with Gasteiger partial charge in [0.15, 0.2) is 5.69 Å². The molecular weight excluding hydrogens is 250 g/mol. The molecule has 2 aromatic heterocycles. The van der Waals surface area contributed by atoms with Crippen LogP contribution in [0.25, 0.3) is 0 Å². The average Bonchev–Trinajstić information content (AvgIpc) is 2.93. The number of nitrogens with zero attached hydrogens (tertiary/aromatic N) is 2. The number of thiophene rings is 1. The monoisotopic (exact) mass is 265 g/mol. The smallest absolute Gasteiger partial charge is 0.360 e. The molecule has 0 saturated heterocycles. The number of carbonyl (C=O) groups is 1. The second-order valence-electron chi connectivity index (χ2n) is 3.83. The Labute approximate surface area is 109 Å². The fraction of sp³-hybridized carbons (Fsp3) is 0.333. The van der Waals surface area contributed by atoms with Gasteiger partial charge in [-0.25, -0.2) is 9.78 Å². The third-order valence-electron chi connectivity index (χ3n) is 2.59. The van der Waals surface area contributed by atoms with Crippen molar-refractivity contribution in [1.82, 2.24) is 9.55 Å². The maximum Gasteiger partial charge on any atom is 0.360 e. The van der Waals surface area contributed by atoms with Gasteiger partial charge in [0.05, 0.1) is 13.2 Å². The summed E-state index contributed by atoms with van der Waals surface area (Å²) in [7, 11) is 0. The number of ether oxygens (including phenoxy) is 1. The van der Waals surface area contributed by atoms with Gasteiger partial charge in [-0.1, -0.05) is 0 Å². The lowest BCUT2D eigenvalue weighted by molar-refractivity contribution is 0.0521. The van der Waals surface area contributed by atoms with E-state index in [-0.39, 0.29) is 5.69 Å². The van der Waals surface area contributed by atoms with E-state index in [1.165, 1.54) is 0 Å². The van der Waals surface area contributed by atoms with Crippen molar-refractivity contribution in [2.45, 2.75) is 20.4 Å². The van der Waals surface area contributed by atoms with Crippen LogP contribution in [0.1, 0.15) is 28.8 Å². The summed E-state index contributed by atoms with van der Waals surface area (Å²) in [6.07, 6.45) is 0. The van der Waals surface area contributed by atoms with Crippen LogP contribution in [0.15, 0.2) is 16.8 Å². The number of hydrogen-bond donors (Lipinski definition) is 1. The second-order valence-corrected chi connectivity index (χ2v) is 4.61. The molecule has 0 spiro atoms. The maximum absolute atomic E-state index is 11.7. The molecule has 5 nitrogen and oxygen atoms in total. The van der Waals surface area contributed by atoms with Crippen LogP contribution in [0, 0.1) is 6.92 Å². The summed E-state index contributed by atoms with van der Waals surface area (Å²) in [4.78, 5) is 15.8. The van der Waals surface area contributed by atoms with Crippen molar-refractivity contribution in [3.8, 4) is 0 Å². The molecule has 0 bridgehead atoms. The Kier molecular flexibility index (Phi) is 3.66. The predicted octanol–water partition coefficient (Wildman–Crippen LogP) is 2.06. The molecule has 0 saturated carbocycles. The largest absolute Gasteiger partial charge is 0.461 e. The first-order valence-electron chi connectivity index (χ1n) is 5.64. The standard InChI is InChI=1S/C12H15N3O2S/c1-3-17-12(16)10-11(13)15(8(2)14-10)6-9-4-5-18-7-9/h4-5,7H,3,6,13H2,1-2H3. The topological polar surface area (TPSA) is 70.1 Å². The van der Waals surface area contributed by atoms with E-state index in [1.54, 1.807) is 18.3 Å². The Morgan fingerprint density at radius 3 is 3.00 bits per heavy atom. The predicted molar refractivity (Wildman–Crippen MR) is 70.8 cm³/mol. The van der Waals surface area contributed by atoms with Crippen molar-refractivity contribution in [3.63, 3.8) is 0 Å². The Bertz CT molecular complexity index is 546. The lowest BCUT2D eigenvalue weighted by atomic mass is 10.3. The molecule has 2 rings (SSSR count). The van der Waals surface area contributed by atoms with Gasteiger partial charge in [0.2, 0.25) is 0 Å². The normalized spacial score (nSPS) is 10.6. The number of carbonyl (C=O) groups excluding carboxylic acids is 1. The van der Waals surface area contributed by atoms with Gasteiger partial charge < -0.3 is 15.0 Å². The molecular formula is C12H15N3O2S. The van der Waals surface area contributed by atoms with E-state index < -0.39 is 5.97 Å². The molecule has 6 heteroatoms. The zero-order valence-electron chi connectivity index (χ0n) is 10.3. The van der Waals surface area contributed by atoms with Crippen molar-refractivity contribution in [2.75, 3.05) is 12.3 Å². The van der Waals surface area contributed by atoms with Crippen molar-refractivity contribution >= 4 is 23.1 Å². The molecule has 0 aliphatic carbocycles. The third kappa shape index (κ3) is 2.38. The van der Waals surface area contributed by atoms with Crippen LogP contribution >= 0.6 is 11.3 Å². The fourth-order valence-corrected chi connectivity index (χ4v) is 2.36. The van der Waals surface area contributed by atoms with Gasteiger partial charge in [0.25, 0.3) is 0 Å². The molecule has 0 aromatic carbocycles. The summed E-state index contributed by atoms with van der Waals surface area (Å²) >= 11 is 1.63. The van der Waals surface area contributed by atoms with E-state index in [4.69, 9.17) is 10.5 Å². The molecule has 0 unspecified atom stereocenters. The third-order valence-corrected chi connectivity index (χ3v) is 3.32. The lowest BCUT2D eigenvalue weighted by Gasteiger charge is -2.06. The molecule has 96 valence electrons. The van der Waals surface area contributed by atoms with Gasteiger partial charge in [-0.3, -0.25) is 0 Å². The van der Waals surface area contributed by atoms with E-state index in [9.17, 15) is 4.79 Å². The average molecular weight is 265 g/mol. The van der Waals surface area contributed by atoms with Crippen LogP contribution in [0.2, 0.25) is 0 Å². The van der Waals surface area contributed by atoms with Crippen LogP contribution in [-0.2, 0) is 11.3 Å². The zero-order valence-corrected chi connectivity index (χ0v) is 11.2. The van der Waals surface area contributed by atoms with E-state index in [2.05, 4.69) is 4.98 Å². The molecule has 2 heterocycles. The number of nitrogens with two attached hydrogens (primary N) is 1. The number of anilines is 1. The molecule has 2 N–H and O–H groups in total. The number of esters is 1. The van der Waals surface area contributed by atoms with Crippen molar-refractivity contribution in [1.29, 1.82) is 0 Å². The van der Waals surface area contributed by atoms with Gasteiger partial charge in [0.1, 0.15) is 11.6 Å². The van der Waals surface area contributed by atoms with Crippen molar-refractivity contribution in [3.05, 3.63) is 33.9 Å². The van der Waals surface area contributed by atoms with Crippen LogP contribution in [0.3, 0.4) is 0 Å². The molecule has 0 fully saturated rings. The quantitative estimate of drug-likeness (QED) is 0.859. The molecule has 2 aromatic rings. The van der Waals surface area contributed by atoms with E-state index in [0.29, 0.717) is 24.8 Å². The van der Waals surface area contributed by atoms with Gasteiger partial charge in [-0.15, -0.1) is 0 Å². The van der Waals surface area contributed by atoms with Crippen LogP contribution in [-0.4, -0.2) is 22.1 Å². The highest BCUT2D eigenvalue weighted by Crippen LogP contribution is 2.18. The van der Waals surface area contributed by atoms with Crippen LogP contribution in [0.4, 0.5) is 5.82 Å². The summed E-state index contributed by atoms with van der Waals surface area (Å²) in [6.45, 7) is 4.51. The first-order chi connectivity index (χ1) is 8.63. The Balaban J connectivity index is 2.29. The number of hydrogen-bond acceptors (Lipinski definition) is 5. The minimum Gasteiger partial charge on any atom is -0.461 e. The van der Waals surface area contributed by atoms with E-state index in [1.807, 2.05) is 28.3 Å². The van der Waals surface area contributed by atoms with Crippen molar-refractivity contribution in [2.24, 2.45) is 0 Å². The summed E-state index contributed by atoms with van der Waals surface area (Å²) in [5.74, 6) is 0.598. The highest BCUT2D eigenvalue weighted by molar-refractivity contribution is 7.07. The van der Waals surface area contributed by atoms with Gasteiger partial charge in [-0.05, 0) is 36.2 Å². The summed E-state index contributed by atoms with van der Waals surface area (Å²) in [5, 5.41) is 4.05. The second kappa shape index (κ2) is 5.22. The molecule has 0 amide bonds. The highest BCUT2D eigenvalue weighted by Gasteiger charge is 2.19. The SMILES string of the molecule is CCOC(=O)c1nc(C)n(Cc2ccsc2)c1N. The minimum absolute atomic E-state index is 0.199. The minimum atomic E-state index is -0.470. The summed E-state index contributed by atoms with van der Waals surface area (Å²) in [5.41, 5.74) is 7.29.